The number of rotatable bonds is 6. The van der Waals surface area contributed by atoms with E-state index in [-0.39, 0.29) is 6.61 Å². The minimum Gasteiger partial charge on any atom is -0.387 e. The Labute approximate surface area is 179 Å². The molecule has 0 bridgehead atoms. The maximum absolute atomic E-state index is 5.41. The zero-order chi connectivity index (χ0) is 21.2. The quantitative estimate of drug-likeness (QED) is 0.309. The average molecular weight is 410 g/mol. The molecule has 2 aromatic carbocycles. The SMILES string of the molecule is Cc1c(C)n(Cc2ccccc2)c2ncn3nc(CO/N=C/c4ccccc4)nc3c12. The van der Waals surface area contributed by atoms with Crippen molar-refractivity contribution in [3.8, 4) is 0 Å². The number of hydrogen-bond acceptors (Lipinski definition) is 5. The van der Waals surface area contributed by atoms with Gasteiger partial charge in [0.05, 0.1) is 11.6 Å². The first-order chi connectivity index (χ1) is 15.2. The highest BCUT2D eigenvalue weighted by Crippen LogP contribution is 2.27. The van der Waals surface area contributed by atoms with Crippen LogP contribution in [0.2, 0.25) is 0 Å². The Kier molecular flexibility index (Phi) is 4.92. The Hall–Kier alpha value is -4.00. The lowest BCUT2D eigenvalue weighted by Gasteiger charge is -2.07. The van der Waals surface area contributed by atoms with Gasteiger partial charge in [0.25, 0.3) is 0 Å². The third-order valence-electron chi connectivity index (χ3n) is 5.44. The van der Waals surface area contributed by atoms with Crippen LogP contribution >= 0.6 is 0 Å². The second kappa shape index (κ2) is 8.02. The van der Waals surface area contributed by atoms with Gasteiger partial charge in [0.1, 0.15) is 12.0 Å². The molecule has 0 aliphatic heterocycles. The minimum atomic E-state index is 0.190. The van der Waals surface area contributed by atoms with Crippen molar-refractivity contribution in [2.75, 3.05) is 0 Å². The average Bonchev–Trinajstić information content (AvgIpc) is 3.32. The van der Waals surface area contributed by atoms with E-state index in [0.717, 1.165) is 34.4 Å². The number of hydrogen-bond donors (Lipinski definition) is 0. The van der Waals surface area contributed by atoms with Crippen LogP contribution in [0.25, 0.3) is 16.7 Å². The number of fused-ring (bicyclic) bond motifs is 3. The van der Waals surface area contributed by atoms with Crippen molar-refractivity contribution in [1.82, 2.24) is 24.1 Å². The molecule has 7 heteroatoms. The van der Waals surface area contributed by atoms with E-state index in [9.17, 15) is 0 Å². The van der Waals surface area contributed by atoms with E-state index in [1.165, 1.54) is 11.3 Å². The number of aryl methyl sites for hydroxylation is 1. The highest BCUT2D eigenvalue weighted by molar-refractivity contribution is 5.93. The van der Waals surface area contributed by atoms with Gasteiger partial charge in [-0.05, 0) is 30.5 Å². The molecule has 0 amide bonds. The fraction of sp³-hybridized carbons (Fsp3) is 0.167. The Morgan fingerprint density at radius 1 is 0.968 bits per heavy atom. The summed E-state index contributed by atoms with van der Waals surface area (Å²) in [5.74, 6) is 0.562. The fourth-order valence-corrected chi connectivity index (χ4v) is 3.73. The highest BCUT2D eigenvalue weighted by atomic mass is 16.6. The number of oxime groups is 1. The van der Waals surface area contributed by atoms with Crippen molar-refractivity contribution >= 4 is 22.9 Å². The van der Waals surface area contributed by atoms with Gasteiger partial charge in [0, 0.05) is 12.2 Å². The Morgan fingerprint density at radius 3 is 2.48 bits per heavy atom. The van der Waals surface area contributed by atoms with Crippen molar-refractivity contribution in [2.45, 2.75) is 27.0 Å². The Morgan fingerprint density at radius 2 is 1.71 bits per heavy atom. The fourth-order valence-electron chi connectivity index (χ4n) is 3.73. The molecule has 3 heterocycles. The summed E-state index contributed by atoms with van der Waals surface area (Å²) < 4.78 is 3.94. The van der Waals surface area contributed by atoms with Gasteiger partial charge in [0.15, 0.2) is 18.1 Å². The summed E-state index contributed by atoms with van der Waals surface area (Å²) in [6, 6.07) is 20.2. The van der Waals surface area contributed by atoms with E-state index in [1.807, 2.05) is 36.4 Å². The molecule has 5 rings (SSSR count). The summed E-state index contributed by atoms with van der Waals surface area (Å²) >= 11 is 0. The second-order valence-electron chi connectivity index (χ2n) is 7.44. The van der Waals surface area contributed by atoms with E-state index >= 15 is 0 Å². The van der Waals surface area contributed by atoms with Gasteiger partial charge in [-0.25, -0.2) is 14.5 Å². The molecular weight excluding hydrogens is 388 g/mol. The van der Waals surface area contributed by atoms with Crippen LogP contribution in [0.1, 0.15) is 28.2 Å². The smallest absolute Gasteiger partial charge is 0.192 e. The first-order valence-corrected chi connectivity index (χ1v) is 10.1. The molecule has 31 heavy (non-hydrogen) atoms. The zero-order valence-corrected chi connectivity index (χ0v) is 17.4. The lowest BCUT2D eigenvalue weighted by atomic mass is 10.2. The van der Waals surface area contributed by atoms with Crippen molar-refractivity contribution in [3.05, 3.63) is 95.2 Å². The van der Waals surface area contributed by atoms with Gasteiger partial charge >= 0.3 is 0 Å². The molecule has 5 aromatic rings. The monoisotopic (exact) mass is 410 g/mol. The van der Waals surface area contributed by atoms with Crippen LogP contribution in [0, 0.1) is 13.8 Å². The van der Waals surface area contributed by atoms with Gasteiger partial charge in [-0.3, -0.25) is 0 Å². The predicted molar refractivity (Wildman–Crippen MR) is 120 cm³/mol. The van der Waals surface area contributed by atoms with Gasteiger partial charge in [-0.2, -0.15) is 0 Å². The Bertz CT molecular complexity index is 1370. The first-order valence-electron chi connectivity index (χ1n) is 10.1. The normalized spacial score (nSPS) is 11.7. The molecule has 0 saturated carbocycles. The largest absolute Gasteiger partial charge is 0.387 e. The van der Waals surface area contributed by atoms with Crippen molar-refractivity contribution < 1.29 is 4.84 Å². The molecule has 0 saturated heterocycles. The number of benzene rings is 2. The molecule has 3 aromatic heterocycles. The van der Waals surface area contributed by atoms with Crippen LogP contribution < -0.4 is 0 Å². The lowest BCUT2D eigenvalue weighted by Crippen LogP contribution is -2.03. The molecule has 0 radical (unpaired) electrons. The van der Waals surface area contributed by atoms with Crippen molar-refractivity contribution in [1.29, 1.82) is 0 Å². The van der Waals surface area contributed by atoms with Crippen LogP contribution in [-0.2, 0) is 18.0 Å². The van der Waals surface area contributed by atoms with Crippen molar-refractivity contribution in [2.24, 2.45) is 5.16 Å². The predicted octanol–water partition coefficient (Wildman–Crippen LogP) is 4.29. The lowest BCUT2D eigenvalue weighted by molar-refractivity contribution is 0.126. The molecule has 0 spiro atoms. The molecule has 0 unspecified atom stereocenters. The summed E-state index contributed by atoms with van der Waals surface area (Å²) in [5, 5.41) is 9.54. The first kappa shape index (κ1) is 19.0. The molecule has 7 nitrogen and oxygen atoms in total. The summed E-state index contributed by atoms with van der Waals surface area (Å²) in [7, 11) is 0. The minimum absolute atomic E-state index is 0.190. The third-order valence-corrected chi connectivity index (χ3v) is 5.44. The van der Waals surface area contributed by atoms with Crippen molar-refractivity contribution in [3.63, 3.8) is 0 Å². The third kappa shape index (κ3) is 3.66. The molecule has 0 fully saturated rings. The van der Waals surface area contributed by atoms with Crippen LogP contribution in [0.5, 0.6) is 0 Å². The topological polar surface area (TPSA) is 69.6 Å². The second-order valence-corrected chi connectivity index (χ2v) is 7.44. The van der Waals surface area contributed by atoms with E-state index in [0.29, 0.717) is 5.82 Å². The van der Waals surface area contributed by atoms with Gasteiger partial charge in [0.2, 0.25) is 0 Å². The molecule has 0 aliphatic rings. The van der Waals surface area contributed by atoms with Crippen LogP contribution in [0.15, 0.2) is 72.1 Å². The molecule has 0 N–H and O–H groups in total. The summed E-state index contributed by atoms with van der Waals surface area (Å²) in [4.78, 5) is 14.8. The highest BCUT2D eigenvalue weighted by Gasteiger charge is 2.18. The summed E-state index contributed by atoms with van der Waals surface area (Å²) in [6.45, 7) is 5.18. The number of aromatic nitrogens is 5. The van der Waals surface area contributed by atoms with E-state index in [4.69, 9.17) is 9.82 Å². The van der Waals surface area contributed by atoms with Gasteiger partial charge in [-0.15, -0.1) is 5.10 Å². The molecule has 154 valence electrons. The molecular formula is C24H22N6O. The van der Waals surface area contributed by atoms with Gasteiger partial charge in [-0.1, -0.05) is 65.8 Å². The zero-order valence-electron chi connectivity index (χ0n) is 17.4. The molecule has 0 aliphatic carbocycles. The van der Waals surface area contributed by atoms with E-state index in [1.54, 1.807) is 17.1 Å². The van der Waals surface area contributed by atoms with Crippen LogP contribution in [0.3, 0.4) is 0 Å². The maximum atomic E-state index is 5.41. The molecule has 0 atom stereocenters. The summed E-state index contributed by atoms with van der Waals surface area (Å²) in [6.07, 6.45) is 3.38. The van der Waals surface area contributed by atoms with Gasteiger partial charge < -0.3 is 9.40 Å². The standard InChI is InChI=1S/C24H22N6O/c1-17-18(2)29(14-20-11-7-4-8-12-20)23-22(17)24-27-21(28-30(24)16-25-23)15-31-26-13-19-9-5-3-6-10-19/h3-13,16H,14-15H2,1-2H3/b26-13+. The maximum Gasteiger partial charge on any atom is 0.192 e. The van der Waals surface area contributed by atoms with E-state index < -0.39 is 0 Å². The Balaban J connectivity index is 1.44. The van der Waals surface area contributed by atoms with Crippen LogP contribution in [-0.4, -0.2) is 30.4 Å². The van der Waals surface area contributed by atoms with Crippen LogP contribution in [0.4, 0.5) is 0 Å². The number of nitrogens with zero attached hydrogens (tertiary/aromatic N) is 6. The summed E-state index contributed by atoms with van der Waals surface area (Å²) in [5.41, 5.74) is 6.23. The van der Waals surface area contributed by atoms with E-state index in [2.05, 4.69) is 57.9 Å².